The second kappa shape index (κ2) is 5.69. The van der Waals surface area contributed by atoms with Crippen LogP contribution in [0.4, 0.5) is 0 Å². The number of rotatable bonds is 4. The number of hydrogen-bond donors (Lipinski definition) is 3. The summed E-state index contributed by atoms with van der Waals surface area (Å²) in [6.07, 6.45) is 4.65. The standard InChI is InChI=1S/C13H21NO4/c15-7-10-2-1-3-11(10)14-12(16)8-4-5-9(6-8)13(17)18/h8-11,15H,1-7H2,(H,14,16)(H,17,18)/t8-,9+,10?,11?/m1/s1. The van der Waals surface area contributed by atoms with Crippen LogP contribution >= 0.6 is 0 Å². The van der Waals surface area contributed by atoms with Gasteiger partial charge in [0.15, 0.2) is 0 Å². The number of amides is 1. The molecule has 0 bridgehead atoms. The lowest BCUT2D eigenvalue weighted by atomic mass is 10.0. The lowest BCUT2D eigenvalue weighted by Gasteiger charge is -2.21. The molecule has 4 atom stereocenters. The van der Waals surface area contributed by atoms with Crippen molar-refractivity contribution in [3.63, 3.8) is 0 Å². The minimum absolute atomic E-state index is 0.0240. The third-order valence-corrected chi connectivity index (χ3v) is 4.37. The number of hydrogen-bond acceptors (Lipinski definition) is 3. The average Bonchev–Trinajstić information content (AvgIpc) is 2.96. The summed E-state index contributed by atoms with van der Waals surface area (Å²) >= 11 is 0. The van der Waals surface area contributed by atoms with E-state index in [4.69, 9.17) is 5.11 Å². The molecule has 2 aliphatic rings. The Balaban J connectivity index is 1.83. The molecule has 0 heterocycles. The van der Waals surface area contributed by atoms with E-state index in [9.17, 15) is 14.7 Å². The third-order valence-electron chi connectivity index (χ3n) is 4.37. The number of carboxylic acid groups (broad SMARTS) is 1. The van der Waals surface area contributed by atoms with E-state index < -0.39 is 5.97 Å². The Labute approximate surface area is 107 Å². The van der Waals surface area contributed by atoms with E-state index in [1.165, 1.54) is 0 Å². The number of carboxylic acids is 1. The van der Waals surface area contributed by atoms with Crippen LogP contribution in [-0.4, -0.2) is 34.7 Å². The first-order valence-corrected chi connectivity index (χ1v) is 6.76. The molecular formula is C13H21NO4. The minimum Gasteiger partial charge on any atom is -0.481 e. The van der Waals surface area contributed by atoms with Gasteiger partial charge in [-0.05, 0) is 32.1 Å². The highest BCUT2D eigenvalue weighted by Gasteiger charge is 2.36. The first-order valence-electron chi connectivity index (χ1n) is 6.76. The smallest absolute Gasteiger partial charge is 0.306 e. The topological polar surface area (TPSA) is 86.6 Å². The van der Waals surface area contributed by atoms with E-state index in [1.54, 1.807) is 0 Å². The molecule has 2 aliphatic carbocycles. The number of aliphatic hydroxyl groups is 1. The van der Waals surface area contributed by atoms with Crippen LogP contribution in [0.1, 0.15) is 38.5 Å². The van der Waals surface area contributed by atoms with E-state index in [2.05, 4.69) is 5.32 Å². The van der Waals surface area contributed by atoms with Crippen molar-refractivity contribution in [2.24, 2.45) is 17.8 Å². The van der Waals surface area contributed by atoms with Crippen LogP contribution in [-0.2, 0) is 9.59 Å². The maximum absolute atomic E-state index is 12.0. The van der Waals surface area contributed by atoms with E-state index in [1.807, 2.05) is 0 Å². The number of aliphatic carboxylic acids is 1. The van der Waals surface area contributed by atoms with Crippen LogP contribution in [0.15, 0.2) is 0 Å². The van der Waals surface area contributed by atoms with Crippen molar-refractivity contribution in [3.05, 3.63) is 0 Å². The van der Waals surface area contributed by atoms with E-state index >= 15 is 0 Å². The van der Waals surface area contributed by atoms with Gasteiger partial charge in [-0.2, -0.15) is 0 Å². The van der Waals surface area contributed by atoms with Crippen LogP contribution in [0.3, 0.4) is 0 Å². The molecule has 3 N–H and O–H groups in total. The van der Waals surface area contributed by atoms with Gasteiger partial charge in [-0.25, -0.2) is 0 Å². The molecule has 0 saturated heterocycles. The molecule has 0 spiro atoms. The first kappa shape index (κ1) is 13.3. The third kappa shape index (κ3) is 2.83. The van der Waals surface area contributed by atoms with Crippen molar-refractivity contribution >= 4 is 11.9 Å². The van der Waals surface area contributed by atoms with Crippen LogP contribution in [0.5, 0.6) is 0 Å². The second-order valence-electron chi connectivity index (χ2n) is 5.53. The Morgan fingerprint density at radius 2 is 1.83 bits per heavy atom. The molecular weight excluding hydrogens is 234 g/mol. The molecule has 0 aromatic heterocycles. The molecule has 18 heavy (non-hydrogen) atoms. The number of carbonyl (C=O) groups is 2. The van der Waals surface area contributed by atoms with Gasteiger partial charge in [-0.15, -0.1) is 0 Å². The van der Waals surface area contributed by atoms with Gasteiger partial charge in [0.05, 0.1) is 5.92 Å². The van der Waals surface area contributed by atoms with Gasteiger partial charge in [0.2, 0.25) is 5.91 Å². The monoisotopic (exact) mass is 255 g/mol. The van der Waals surface area contributed by atoms with Crippen LogP contribution in [0, 0.1) is 17.8 Å². The lowest BCUT2D eigenvalue weighted by Crippen LogP contribution is -2.41. The predicted molar refractivity (Wildman–Crippen MR) is 64.8 cm³/mol. The fourth-order valence-corrected chi connectivity index (χ4v) is 3.19. The molecule has 2 rings (SSSR count). The van der Waals surface area contributed by atoms with Crippen molar-refractivity contribution in [1.29, 1.82) is 0 Å². The highest BCUT2D eigenvalue weighted by molar-refractivity contribution is 5.81. The highest BCUT2D eigenvalue weighted by Crippen LogP contribution is 2.32. The summed E-state index contributed by atoms with van der Waals surface area (Å²) in [6, 6.07) is 0.0754. The summed E-state index contributed by atoms with van der Waals surface area (Å²) in [5, 5.41) is 21.1. The Hall–Kier alpha value is -1.10. The summed E-state index contributed by atoms with van der Waals surface area (Å²) in [5.74, 6) is -1.17. The maximum atomic E-state index is 12.0. The molecule has 0 aromatic rings. The van der Waals surface area contributed by atoms with Crippen LogP contribution in [0.2, 0.25) is 0 Å². The highest BCUT2D eigenvalue weighted by atomic mass is 16.4. The van der Waals surface area contributed by atoms with Crippen molar-refractivity contribution in [3.8, 4) is 0 Å². The summed E-state index contributed by atoms with van der Waals surface area (Å²) < 4.78 is 0. The molecule has 2 fully saturated rings. The molecule has 2 saturated carbocycles. The van der Waals surface area contributed by atoms with E-state index in [0.717, 1.165) is 19.3 Å². The van der Waals surface area contributed by atoms with Crippen molar-refractivity contribution in [2.45, 2.75) is 44.6 Å². The summed E-state index contributed by atoms with van der Waals surface area (Å²) in [4.78, 5) is 22.9. The van der Waals surface area contributed by atoms with Gasteiger partial charge in [-0.3, -0.25) is 9.59 Å². The van der Waals surface area contributed by atoms with Crippen LogP contribution in [0.25, 0.3) is 0 Å². The largest absolute Gasteiger partial charge is 0.481 e. The molecule has 0 aliphatic heterocycles. The number of nitrogens with one attached hydrogen (secondary N) is 1. The molecule has 102 valence electrons. The summed E-state index contributed by atoms with van der Waals surface area (Å²) in [6.45, 7) is 0.118. The molecule has 5 nitrogen and oxygen atoms in total. The molecule has 0 radical (unpaired) electrons. The Bertz CT molecular complexity index is 331. The molecule has 5 heteroatoms. The SMILES string of the molecule is O=C(O)[C@H]1CC[C@@H](C(=O)NC2CCCC2CO)C1. The zero-order valence-electron chi connectivity index (χ0n) is 10.5. The van der Waals surface area contributed by atoms with Gasteiger partial charge in [-0.1, -0.05) is 6.42 Å². The number of aliphatic hydroxyl groups excluding tert-OH is 1. The van der Waals surface area contributed by atoms with Gasteiger partial charge < -0.3 is 15.5 Å². The fraction of sp³-hybridized carbons (Fsp3) is 0.846. The Morgan fingerprint density at radius 3 is 2.44 bits per heavy atom. The first-order chi connectivity index (χ1) is 8.61. The molecule has 1 amide bonds. The quantitative estimate of drug-likeness (QED) is 0.692. The molecule has 0 aromatic carbocycles. The lowest BCUT2D eigenvalue weighted by molar-refractivity contribution is -0.141. The van der Waals surface area contributed by atoms with Crippen LogP contribution < -0.4 is 5.32 Å². The Kier molecular flexibility index (Phi) is 4.22. The predicted octanol–water partition coefficient (Wildman–Crippen LogP) is 0.764. The zero-order valence-corrected chi connectivity index (χ0v) is 10.5. The van der Waals surface area contributed by atoms with Crippen molar-refractivity contribution < 1.29 is 19.8 Å². The Morgan fingerprint density at radius 1 is 1.11 bits per heavy atom. The second-order valence-corrected chi connectivity index (χ2v) is 5.53. The number of carbonyl (C=O) groups excluding carboxylic acids is 1. The van der Waals surface area contributed by atoms with E-state index in [-0.39, 0.29) is 36.3 Å². The summed E-state index contributed by atoms with van der Waals surface area (Å²) in [5.41, 5.74) is 0. The minimum atomic E-state index is -0.792. The average molecular weight is 255 g/mol. The normalized spacial score (nSPS) is 35.6. The van der Waals surface area contributed by atoms with Gasteiger partial charge in [0, 0.05) is 24.5 Å². The van der Waals surface area contributed by atoms with Crippen molar-refractivity contribution in [2.75, 3.05) is 6.61 Å². The van der Waals surface area contributed by atoms with E-state index in [0.29, 0.717) is 19.3 Å². The van der Waals surface area contributed by atoms with Gasteiger partial charge in [0.25, 0.3) is 0 Å². The zero-order chi connectivity index (χ0) is 13.1. The van der Waals surface area contributed by atoms with Gasteiger partial charge >= 0.3 is 5.97 Å². The maximum Gasteiger partial charge on any atom is 0.306 e. The molecule has 2 unspecified atom stereocenters. The van der Waals surface area contributed by atoms with Gasteiger partial charge in [0.1, 0.15) is 0 Å². The summed E-state index contributed by atoms with van der Waals surface area (Å²) in [7, 11) is 0. The van der Waals surface area contributed by atoms with Crippen molar-refractivity contribution in [1.82, 2.24) is 5.32 Å². The fourth-order valence-electron chi connectivity index (χ4n) is 3.19.